The highest BCUT2D eigenvalue weighted by atomic mass is 16.6. The van der Waals surface area contributed by atoms with E-state index in [0.29, 0.717) is 6.42 Å². The van der Waals surface area contributed by atoms with Gasteiger partial charge in [0.25, 0.3) is 0 Å². The largest absolute Gasteiger partial charge is 0.443 e. The van der Waals surface area contributed by atoms with Crippen molar-refractivity contribution in [2.75, 3.05) is 0 Å². The first-order valence-corrected chi connectivity index (χ1v) is 8.46. The van der Waals surface area contributed by atoms with E-state index in [-0.39, 0.29) is 6.42 Å². The van der Waals surface area contributed by atoms with Crippen LogP contribution >= 0.6 is 0 Å². The normalized spacial score (nSPS) is 21.0. The van der Waals surface area contributed by atoms with Crippen molar-refractivity contribution in [3.63, 3.8) is 0 Å². The molecule has 5 heteroatoms. The molecule has 0 bridgehead atoms. The summed E-state index contributed by atoms with van der Waals surface area (Å²) < 4.78 is 5.35. The van der Waals surface area contributed by atoms with Crippen LogP contribution in [0.2, 0.25) is 0 Å². The maximum Gasteiger partial charge on any atom is 0.417 e. The van der Waals surface area contributed by atoms with Crippen LogP contribution in [-0.4, -0.2) is 39.8 Å². The van der Waals surface area contributed by atoms with Crippen molar-refractivity contribution in [1.29, 1.82) is 0 Å². The number of ether oxygens (including phenoxy) is 1. The van der Waals surface area contributed by atoms with Crippen LogP contribution in [-0.2, 0) is 16.0 Å². The molecule has 0 unspecified atom stereocenters. The van der Waals surface area contributed by atoms with Crippen LogP contribution in [0.1, 0.15) is 32.8 Å². The highest BCUT2D eigenvalue weighted by Crippen LogP contribution is 2.28. The maximum absolute atomic E-state index is 12.5. The number of aliphatic hydroxyl groups excluding tert-OH is 1. The van der Waals surface area contributed by atoms with Gasteiger partial charge in [0.05, 0.1) is 18.6 Å². The highest BCUT2D eigenvalue weighted by molar-refractivity contribution is 5.95. The van der Waals surface area contributed by atoms with E-state index in [2.05, 4.69) is 0 Å². The van der Waals surface area contributed by atoms with Crippen molar-refractivity contribution in [3.05, 3.63) is 48.0 Å². The third-order valence-electron chi connectivity index (χ3n) is 4.33. The number of carbonyl (C=O) groups is 2. The van der Waals surface area contributed by atoms with Crippen molar-refractivity contribution < 1.29 is 19.4 Å². The minimum Gasteiger partial charge on any atom is -0.443 e. The van der Waals surface area contributed by atoms with Gasteiger partial charge in [-0.1, -0.05) is 42.5 Å². The molecule has 1 heterocycles. The van der Waals surface area contributed by atoms with Crippen LogP contribution in [0.25, 0.3) is 10.8 Å². The standard InChI is InChI=1S/C20H23NO4/c1-20(2,3)25-19(24)21-16(17(22)12-18(21)23)11-14-9-6-8-13-7-4-5-10-15(13)14/h4-10,16-17,22H,11-12H2,1-3H3/t16-,17+/m1/s1. The minimum absolute atomic E-state index is 0.0608. The van der Waals surface area contributed by atoms with E-state index >= 15 is 0 Å². The van der Waals surface area contributed by atoms with Gasteiger partial charge in [-0.3, -0.25) is 4.79 Å². The maximum atomic E-state index is 12.5. The Morgan fingerprint density at radius 1 is 1.20 bits per heavy atom. The Hall–Kier alpha value is -2.40. The summed E-state index contributed by atoms with van der Waals surface area (Å²) in [6.07, 6.45) is -1.25. The number of rotatable bonds is 2. The van der Waals surface area contributed by atoms with Gasteiger partial charge in [-0.15, -0.1) is 0 Å². The van der Waals surface area contributed by atoms with Gasteiger partial charge in [-0.05, 0) is 43.5 Å². The Morgan fingerprint density at radius 3 is 2.60 bits per heavy atom. The first kappa shape index (κ1) is 17.4. The number of likely N-dealkylation sites (tertiary alicyclic amines) is 1. The molecular weight excluding hydrogens is 318 g/mol. The fourth-order valence-electron chi connectivity index (χ4n) is 3.24. The average Bonchev–Trinajstić information content (AvgIpc) is 2.80. The molecule has 132 valence electrons. The molecule has 2 atom stereocenters. The van der Waals surface area contributed by atoms with Crippen molar-refractivity contribution in [2.24, 2.45) is 0 Å². The van der Waals surface area contributed by atoms with Gasteiger partial charge in [0.15, 0.2) is 0 Å². The molecular formula is C20H23NO4. The third kappa shape index (κ3) is 3.66. The molecule has 1 aliphatic rings. The summed E-state index contributed by atoms with van der Waals surface area (Å²) in [5.74, 6) is -0.396. The van der Waals surface area contributed by atoms with E-state index in [1.54, 1.807) is 20.8 Å². The molecule has 2 aromatic carbocycles. The highest BCUT2D eigenvalue weighted by Gasteiger charge is 2.44. The quantitative estimate of drug-likeness (QED) is 0.910. The average molecular weight is 341 g/mol. The van der Waals surface area contributed by atoms with E-state index in [1.165, 1.54) is 0 Å². The summed E-state index contributed by atoms with van der Waals surface area (Å²) >= 11 is 0. The Kier molecular flexibility index (Phi) is 4.52. The lowest BCUT2D eigenvalue weighted by molar-refractivity contribution is -0.128. The second-order valence-corrected chi connectivity index (χ2v) is 7.43. The number of hydrogen-bond acceptors (Lipinski definition) is 4. The molecule has 0 saturated carbocycles. The zero-order valence-electron chi connectivity index (χ0n) is 14.7. The fourth-order valence-corrected chi connectivity index (χ4v) is 3.24. The number of imide groups is 1. The molecule has 1 aliphatic heterocycles. The Bertz CT molecular complexity index is 803. The lowest BCUT2D eigenvalue weighted by Gasteiger charge is -2.28. The minimum atomic E-state index is -0.890. The topological polar surface area (TPSA) is 66.8 Å². The van der Waals surface area contributed by atoms with Gasteiger partial charge >= 0.3 is 6.09 Å². The van der Waals surface area contributed by atoms with Crippen LogP contribution in [0.15, 0.2) is 42.5 Å². The zero-order chi connectivity index (χ0) is 18.2. The Labute approximate surface area is 147 Å². The molecule has 0 radical (unpaired) electrons. The predicted octanol–water partition coefficient (Wildman–Crippen LogP) is 3.28. The summed E-state index contributed by atoms with van der Waals surface area (Å²) in [4.78, 5) is 25.8. The van der Waals surface area contributed by atoms with E-state index in [0.717, 1.165) is 21.2 Å². The van der Waals surface area contributed by atoms with Crippen LogP contribution in [0.4, 0.5) is 4.79 Å². The molecule has 1 N–H and O–H groups in total. The molecule has 2 amide bonds. The van der Waals surface area contributed by atoms with Crippen molar-refractivity contribution >= 4 is 22.8 Å². The molecule has 5 nitrogen and oxygen atoms in total. The lowest BCUT2D eigenvalue weighted by Crippen LogP contribution is -2.45. The first-order chi connectivity index (χ1) is 11.8. The van der Waals surface area contributed by atoms with Crippen LogP contribution in [0.3, 0.4) is 0 Å². The molecule has 25 heavy (non-hydrogen) atoms. The van der Waals surface area contributed by atoms with Gasteiger partial charge in [0.1, 0.15) is 5.60 Å². The van der Waals surface area contributed by atoms with Crippen LogP contribution < -0.4 is 0 Å². The van der Waals surface area contributed by atoms with E-state index in [9.17, 15) is 14.7 Å². The molecule has 0 aromatic heterocycles. The second kappa shape index (κ2) is 6.48. The fraction of sp³-hybridized carbons (Fsp3) is 0.400. The predicted molar refractivity (Wildman–Crippen MR) is 95.1 cm³/mol. The summed E-state index contributed by atoms with van der Waals surface area (Å²) in [5, 5.41) is 12.5. The number of fused-ring (bicyclic) bond motifs is 1. The zero-order valence-corrected chi connectivity index (χ0v) is 14.7. The van der Waals surface area contributed by atoms with Crippen LogP contribution in [0, 0.1) is 0 Å². The molecule has 2 aromatic rings. The van der Waals surface area contributed by atoms with Gasteiger partial charge in [-0.25, -0.2) is 9.69 Å². The summed E-state index contributed by atoms with van der Waals surface area (Å²) in [7, 11) is 0. The first-order valence-electron chi connectivity index (χ1n) is 8.46. The number of amides is 2. The number of aliphatic hydroxyl groups is 1. The molecule has 0 aliphatic carbocycles. The van der Waals surface area contributed by atoms with Crippen LogP contribution in [0.5, 0.6) is 0 Å². The van der Waals surface area contributed by atoms with Gasteiger partial charge in [-0.2, -0.15) is 0 Å². The second-order valence-electron chi connectivity index (χ2n) is 7.43. The SMILES string of the molecule is CC(C)(C)OC(=O)N1C(=O)C[C@H](O)[C@H]1Cc1cccc2ccccc12. The number of nitrogens with zero attached hydrogens (tertiary/aromatic N) is 1. The summed E-state index contributed by atoms with van der Waals surface area (Å²) in [6.45, 7) is 5.25. The Morgan fingerprint density at radius 2 is 1.88 bits per heavy atom. The van der Waals surface area contributed by atoms with Gasteiger partial charge < -0.3 is 9.84 Å². The number of hydrogen-bond donors (Lipinski definition) is 1. The summed E-state index contributed by atoms with van der Waals surface area (Å²) in [6, 6.07) is 13.2. The van der Waals surface area contributed by atoms with Crippen molar-refractivity contribution in [3.8, 4) is 0 Å². The smallest absolute Gasteiger partial charge is 0.417 e. The monoisotopic (exact) mass is 341 g/mol. The lowest BCUT2D eigenvalue weighted by atomic mass is 9.97. The van der Waals surface area contributed by atoms with E-state index in [1.807, 2.05) is 42.5 Å². The Balaban J connectivity index is 1.90. The van der Waals surface area contributed by atoms with Gasteiger partial charge in [0.2, 0.25) is 5.91 Å². The van der Waals surface area contributed by atoms with Gasteiger partial charge in [0, 0.05) is 0 Å². The number of carbonyl (C=O) groups excluding carboxylic acids is 2. The van der Waals surface area contributed by atoms with Crippen molar-refractivity contribution in [2.45, 2.75) is 51.4 Å². The summed E-state index contributed by atoms with van der Waals surface area (Å²) in [5.41, 5.74) is 0.292. The molecule has 1 saturated heterocycles. The van der Waals surface area contributed by atoms with E-state index in [4.69, 9.17) is 4.74 Å². The molecule has 3 rings (SSSR count). The van der Waals surface area contributed by atoms with E-state index < -0.39 is 29.7 Å². The van der Waals surface area contributed by atoms with Crippen molar-refractivity contribution in [1.82, 2.24) is 4.90 Å². The molecule has 1 fully saturated rings. The number of benzene rings is 2. The molecule has 0 spiro atoms. The third-order valence-corrected chi connectivity index (χ3v) is 4.33.